The molecule has 20 heavy (non-hydrogen) atoms. The predicted molar refractivity (Wildman–Crippen MR) is 75.2 cm³/mol. The number of nitrogens with zero attached hydrogens (tertiary/aromatic N) is 1. The van der Waals surface area contributed by atoms with Crippen LogP contribution in [-0.4, -0.2) is 25.9 Å². The van der Waals surface area contributed by atoms with Crippen LogP contribution < -0.4 is 10.0 Å². The van der Waals surface area contributed by atoms with Crippen molar-refractivity contribution in [3.8, 4) is 0 Å². The number of nitro groups is 1. The van der Waals surface area contributed by atoms with E-state index < -0.39 is 20.6 Å². The fourth-order valence-electron chi connectivity index (χ4n) is 1.74. The number of sulfonamides is 1. The molecule has 0 unspecified atom stereocenters. The molecule has 0 aromatic heterocycles. The summed E-state index contributed by atoms with van der Waals surface area (Å²) in [4.78, 5) is 10.0. The monoisotopic (exact) mass is 299 g/mol. The van der Waals surface area contributed by atoms with E-state index in [4.69, 9.17) is 0 Å². The maximum absolute atomic E-state index is 12.2. The molecule has 1 fully saturated rings. The molecule has 0 aliphatic heterocycles. The minimum Gasteiger partial charge on any atom is -0.385 e. The van der Waals surface area contributed by atoms with Gasteiger partial charge in [-0.05, 0) is 31.4 Å². The molecule has 110 valence electrons. The first kappa shape index (κ1) is 14.7. The van der Waals surface area contributed by atoms with Crippen molar-refractivity contribution in [1.29, 1.82) is 0 Å². The van der Waals surface area contributed by atoms with Crippen LogP contribution in [-0.2, 0) is 10.0 Å². The quantitative estimate of drug-likeness (QED) is 0.591. The van der Waals surface area contributed by atoms with E-state index in [9.17, 15) is 18.5 Å². The summed E-state index contributed by atoms with van der Waals surface area (Å²) in [6.45, 7) is 2.65. The summed E-state index contributed by atoms with van der Waals surface area (Å²) in [6, 6.07) is 3.97. The van der Waals surface area contributed by atoms with Crippen molar-refractivity contribution in [2.24, 2.45) is 0 Å². The number of nitro benzene ring substituents is 1. The lowest BCUT2D eigenvalue weighted by Gasteiger charge is -2.09. The Labute approximate surface area is 117 Å². The van der Waals surface area contributed by atoms with Crippen LogP contribution in [0.2, 0.25) is 0 Å². The van der Waals surface area contributed by atoms with Crippen LogP contribution in [0.25, 0.3) is 0 Å². The summed E-state index contributed by atoms with van der Waals surface area (Å²) in [5.41, 5.74) is 0.161. The summed E-state index contributed by atoms with van der Waals surface area (Å²) >= 11 is 0. The fourth-order valence-corrected chi connectivity index (χ4v) is 3.25. The Balaban J connectivity index is 2.37. The first-order valence-corrected chi connectivity index (χ1v) is 7.97. The third-order valence-corrected chi connectivity index (χ3v) is 4.47. The smallest absolute Gasteiger partial charge is 0.289 e. The van der Waals surface area contributed by atoms with Crippen molar-refractivity contribution in [2.45, 2.75) is 37.1 Å². The minimum atomic E-state index is -3.85. The highest BCUT2D eigenvalue weighted by molar-refractivity contribution is 7.89. The predicted octanol–water partition coefficient (Wildman–Crippen LogP) is 1.86. The fraction of sp³-hybridized carbons (Fsp3) is 0.500. The molecule has 7 nitrogen and oxygen atoms in total. The summed E-state index contributed by atoms with van der Waals surface area (Å²) in [6.07, 6.45) is 2.43. The van der Waals surface area contributed by atoms with Gasteiger partial charge in [0.05, 0.1) is 4.92 Å². The van der Waals surface area contributed by atoms with E-state index in [0.29, 0.717) is 12.2 Å². The molecular weight excluding hydrogens is 282 g/mol. The maximum atomic E-state index is 12.2. The highest BCUT2D eigenvalue weighted by atomic mass is 32.2. The van der Waals surface area contributed by atoms with E-state index in [1.54, 1.807) is 0 Å². The van der Waals surface area contributed by atoms with Crippen molar-refractivity contribution in [3.05, 3.63) is 28.3 Å². The van der Waals surface area contributed by atoms with Gasteiger partial charge >= 0.3 is 0 Å². The Morgan fingerprint density at radius 2 is 2.10 bits per heavy atom. The first-order chi connectivity index (χ1) is 9.44. The summed E-state index contributed by atoms with van der Waals surface area (Å²) < 4.78 is 26.8. The SMILES string of the molecule is CCCNc1ccc([N+](=O)[O-])c(S(=O)(=O)NC2CC2)c1. The number of benzene rings is 1. The average Bonchev–Trinajstić information content (AvgIpc) is 3.19. The lowest BCUT2D eigenvalue weighted by atomic mass is 10.3. The topological polar surface area (TPSA) is 101 Å². The normalized spacial score (nSPS) is 15.1. The van der Waals surface area contributed by atoms with Gasteiger partial charge in [0.15, 0.2) is 4.90 Å². The second-order valence-electron chi connectivity index (χ2n) is 4.76. The molecule has 1 aromatic rings. The van der Waals surface area contributed by atoms with Gasteiger partial charge in [0.25, 0.3) is 5.69 Å². The van der Waals surface area contributed by atoms with E-state index >= 15 is 0 Å². The molecule has 0 spiro atoms. The first-order valence-electron chi connectivity index (χ1n) is 6.48. The van der Waals surface area contributed by atoms with Gasteiger partial charge in [-0.15, -0.1) is 0 Å². The second-order valence-corrected chi connectivity index (χ2v) is 6.44. The lowest BCUT2D eigenvalue weighted by Crippen LogP contribution is -2.26. The molecular formula is C12H17N3O4S. The van der Waals surface area contributed by atoms with E-state index in [2.05, 4.69) is 10.0 Å². The molecule has 8 heteroatoms. The zero-order chi connectivity index (χ0) is 14.8. The minimum absolute atomic E-state index is 0.0909. The van der Waals surface area contributed by atoms with Crippen LogP contribution in [0.3, 0.4) is 0 Å². The highest BCUT2D eigenvalue weighted by Gasteiger charge is 2.32. The Morgan fingerprint density at radius 3 is 2.65 bits per heavy atom. The number of hydrogen-bond donors (Lipinski definition) is 2. The molecule has 1 aromatic carbocycles. The van der Waals surface area contributed by atoms with Crippen molar-refractivity contribution in [1.82, 2.24) is 4.72 Å². The third kappa shape index (κ3) is 3.45. The number of nitrogens with one attached hydrogen (secondary N) is 2. The Bertz CT molecular complexity index is 611. The third-order valence-electron chi connectivity index (χ3n) is 2.92. The summed E-state index contributed by atoms with van der Waals surface area (Å²) in [7, 11) is -3.85. The Morgan fingerprint density at radius 1 is 1.40 bits per heavy atom. The molecule has 2 rings (SSSR count). The van der Waals surface area contributed by atoms with Crippen LogP contribution >= 0.6 is 0 Å². The zero-order valence-electron chi connectivity index (χ0n) is 11.1. The molecule has 0 atom stereocenters. The maximum Gasteiger partial charge on any atom is 0.289 e. The van der Waals surface area contributed by atoms with Gasteiger partial charge in [-0.1, -0.05) is 6.92 Å². The molecule has 0 amide bonds. The zero-order valence-corrected chi connectivity index (χ0v) is 11.9. The van der Waals surface area contributed by atoms with E-state index in [0.717, 1.165) is 19.3 Å². The molecule has 0 heterocycles. The van der Waals surface area contributed by atoms with E-state index in [1.165, 1.54) is 18.2 Å². The van der Waals surface area contributed by atoms with Crippen molar-refractivity contribution < 1.29 is 13.3 Å². The van der Waals surface area contributed by atoms with Crippen molar-refractivity contribution in [2.75, 3.05) is 11.9 Å². The van der Waals surface area contributed by atoms with Crippen LogP contribution in [0.15, 0.2) is 23.1 Å². The lowest BCUT2D eigenvalue weighted by molar-refractivity contribution is -0.387. The highest BCUT2D eigenvalue weighted by Crippen LogP contribution is 2.29. The van der Waals surface area contributed by atoms with Gasteiger partial charge in [-0.2, -0.15) is 0 Å². The van der Waals surface area contributed by atoms with Crippen LogP contribution in [0, 0.1) is 10.1 Å². The van der Waals surface area contributed by atoms with Crippen LogP contribution in [0.1, 0.15) is 26.2 Å². The standard InChI is InChI=1S/C12H17N3O4S/c1-2-7-13-10-5-6-11(15(16)17)12(8-10)20(18,19)14-9-3-4-9/h5-6,8-9,13-14H,2-4,7H2,1H3. The summed E-state index contributed by atoms with van der Waals surface area (Å²) in [5.74, 6) is 0. The molecule has 1 saturated carbocycles. The van der Waals surface area contributed by atoms with Gasteiger partial charge in [0.2, 0.25) is 10.0 Å². The molecule has 1 aliphatic rings. The van der Waals surface area contributed by atoms with Gasteiger partial charge < -0.3 is 5.32 Å². The molecule has 2 N–H and O–H groups in total. The molecule has 0 radical (unpaired) electrons. The molecule has 1 aliphatic carbocycles. The Hall–Kier alpha value is -1.67. The Kier molecular flexibility index (Phi) is 4.24. The van der Waals surface area contributed by atoms with Gasteiger partial charge in [-0.3, -0.25) is 10.1 Å². The van der Waals surface area contributed by atoms with E-state index in [-0.39, 0.29) is 10.9 Å². The number of anilines is 1. The second kappa shape index (κ2) is 5.76. The number of hydrogen-bond acceptors (Lipinski definition) is 5. The van der Waals surface area contributed by atoms with E-state index in [1.807, 2.05) is 6.92 Å². The van der Waals surface area contributed by atoms with Crippen molar-refractivity contribution in [3.63, 3.8) is 0 Å². The van der Waals surface area contributed by atoms with Crippen LogP contribution in [0.4, 0.5) is 11.4 Å². The van der Waals surface area contributed by atoms with Gasteiger partial charge in [0.1, 0.15) is 0 Å². The molecule has 0 saturated heterocycles. The summed E-state index contributed by atoms with van der Waals surface area (Å²) in [5, 5.41) is 14.0. The van der Waals surface area contributed by atoms with Gasteiger partial charge in [-0.25, -0.2) is 13.1 Å². The number of rotatable bonds is 7. The average molecular weight is 299 g/mol. The van der Waals surface area contributed by atoms with Crippen LogP contribution in [0.5, 0.6) is 0 Å². The van der Waals surface area contributed by atoms with Crippen molar-refractivity contribution >= 4 is 21.4 Å². The largest absolute Gasteiger partial charge is 0.385 e. The molecule has 0 bridgehead atoms. The van der Waals surface area contributed by atoms with Gasteiger partial charge in [0, 0.05) is 24.3 Å².